The minimum absolute atomic E-state index is 0.0244. The van der Waals surface area contributed by atoms with Crippen molar-refractivity contribution in [2.75, 3.05) is 18.5 Å². The summed E-state index contributed by atoms with van der Waals surface area (Å²) in [6, 6.07) is 26.0. The number of benzene rings is 3. The number of rotatable bonds is 20. The highest BCUT2D eigenvalue weighted by molar-refractivity contribution is 7.80. The SMILES string of the molecule is CCCCCCCCCCCCOc1ccc(C(=O)C(COOc2ccccc2)C(=S)Nc2ccccc2)cc1. The van der Waals surface area contributed by atoms with Crippen molar-refractivity contribution in [2.45, 2.75) is 71.1 Å². The van der Waals surface area contributed by atoms with E-state index in [1.54, 1.807) is 24.3 Å². The van der Waals surface area contributed by atoms with E-state index in [0.29, 0.717) is 22.9 Å². The topological polar surface area (TPSA) is 56.8 Å². The van der Waals surface area contributed by atoms with Crippen molar-refractivity contribution in [3.05, 3.63) is 90.5 Å². The summed E-state index contributed by atoms with van der Waals surface area (Å²) in [4.78, 5) is 24.7. The zero-order chi connectivity index (χ0) is 28.3. The Hall–Kier alpha value is -3.22. The number of unbranched alkanes of at least 4 members (excludes halogenated alkanes) is 9. The number of anilines is 1. The van der Waals surface area contributed by atoms with E-state index in [4.69, 9.17) is 26.7 Å². The maximum absolute atomic E-state index is 13.5. The average molecular weight is 562 g/mol. The number of hydrogen-bond donors (Lipinski definition) is 1. The molecule has 3 aromatic carbocycles. The third-order valence-corrected chi connectivity index (χ3v) is 7.10. The van der Waals surface area contributed by atoms with E-state index >= 15 is 0 Å². The van der Waals surface area contributed by atoms with Gasteiger partial charge in [-0.3, -0.25) is 4.79 Å². The molecular weight excluding hydrogens is 518 g/mol. The second kappa shape index (κ2) is 19.0. The second-order valence-corrected chi connectivity index (χ2v) is 10.4. The first-order valence-corrected chi connectivity index (χ1v) is 15.1. The third kappa shape index (κ3) is 11.9. The Kier molecular flexibility index (Phi) is 14.8. The van der Waals surface area contributed by atoms with Crippen molar-refractivity contribution in [1.29, 1.82) is 0 Å². The molecule has 0 bridgehead atoms. The molecule has 0 aliphatic heterocycles. The summed E-state index contributed by atoms with van der Waals surface area (Å²) in [5, 5.41) is 3.17. The van der Waals surface area contributed by atoms with Crippen LogP contribution in [0.25, 0.3) is 0 Å². The Morgan fingerprint density at radius 1 is 0.725 bits per heavy atom. The first-order chi connectivity index (χ1) is 19.7. The number of Topliss-reactive ketones (excluding diaryl/α,β-unsaturated/α-hetero) is 1. The summed E-state index contributed by atoms with van der Waals surface area (Å²) in [5.41, 5.74) is 1.35. The summed E-state index contributed by atoms with van der Waals surface area (Å²) in [6.45, 7) is 2.92. The van der Waals surface area contributed by atoms with E-state index in [1.807, 2.05) is 60.7 Å². The van der Waals surface area contributed by atoms with Crippen molar-refractivity contribution in [1.82, 2.24) is 0 Å². The fourth-order valence-electron chi connectivity index (χ4n) is 4.36. The summed E-state index contributed by atoms with van der Waals surface area (Å²) >= 11 is 5.63. The number of ketones is 1. The van der Waals surface area contributed by atoms with Gasteiger partial charge in [0.05, 0.1) is 11.6 Å². The predicted molar refractivity (Wildman–Crippen MR) is 167 cm³/mol. The lowest BCUT2D eigenvalue weighted by atomic mass is 9.98. The van der Waals surface area contributed by atoms with Crippen LogP contribution in [0.1, 0.15) is 81.5 Å². The number of carbonyl (C=O) groups is 1. The number of carbonyl (C=O) groups excluding carboxylic acids is 1. The molecule has 1 N–H and O–H groups in total. The average Bonchev–Trinajstić information content (AvgIpc) is 2.99. The molecule has 0 fully saturated rings. The number of thiocarbonyl (C=S) groups is 1. The molecule has 0 amide bonds. The largest absolute Gasteiger partial charge is 0.494 e. The maximum Gasteiger partial charge on any atom is 0.175 e. The van der Waals surface area contributed by atoms with Crippen molar-refractivity contribution in [3.63, 3.8) is 0 Å². The molecule has 5 nitrogen and oxygen atoms in total. The normalized spacial score (nSPS) is 11.5. The van der Waals surface area contributed by atoms with Crippen LogP contribution in [-0.4, -0.2) is 24.0 Å². The molecule has 1 atom stereocenters. The Labute approximate surface area is 245 Å². The van der Waals surface area contributed by atoms with Gasteiger partial charge >= 0.3 is 0 Å². The van der Waals surface area contributed by atoms with Crippen LogP contribution < -0.4 is 14.9 Å². The Morgan fingerprint density at radius 3 is 1.93 bits per heavy atom. The second-order valence-electron chi connectivity index (χ2n) is 10.0. The van der Waals surface area contributed by atoms with Crippen LogP contribution in [0.5, 0.6) is 11.5 Å². The Bertz CT molecular complexity index is 1110. The van der Waals surface area contributed by atoms with Crippen molar-refractivity contribution in [3.8, 4) is 11.5 Å². The minimum atomic E-state index is -0.725. The Morgan fingerprint density at radius 2 is 1.30 bits per heavy atom. The fourth-order valence-corrected chi connectivity index (χ4v) is 4.66. The molecule has 3 aromatic rings. The molecule has 0 saturated heterocycles. The molecule has 6 heteroatoms. The first kappa shape index (κ1) is 31.3. The van der Waals surface area contributed by atoms with Gasteiger partial charge < -0.3 is 14.9 Å². The summed E-state index contributed by atoms with van der Waals surface area (Å²) in [6.07, 6.45) is 12.9. The zero-order valence-corrected chi connectivity index (χ0v) is 24.5. The van der Waals surface area contributed by atoms with E-state index in [2.05, 4.69) is 12.2 Å². The molecule has 0 spiro atoms. The molecule has 0 radical (unpaired) electrons. The van der Waals surface area contributed by atoms with Gasteiger partial charge in [-0.15, -0.1) is 0 Å². The van der Waals surface area contributed by atoms with E-state index in [-0.39, 0.29) is 12.4 Å². The van der Waals surface area contributed by atoms with E-state index in [0.717, 1.165) is 17.9 Å². The summed E-state index contributed by atoms with van der Waals surface area (Å²) in [7, 11) is 0. The molecule has 0 aliphatic rings. The zero-order valence-electron chi connectivity index (χ0n) is 23.7. The van der Waals surface area contributed by atoms with Gasteiger partial charge in [0.25, 0.3) is 0 Å². The van der Waals surface area contributed by atoms with Gasteiger partial charge in [0.2, 0.25) is 0 Å². The Balaban J connectivity index is 1.46. The number of hydrogen-bond acceptors (Lipinski definition) is 5. The van der Waals surface area contributed by atoms with Crippen LogP contribution in [0, 0.1) is 5.92 Å². The smallest absolute Gasteiger partial charge is 0.175 e. The van der Waals surface area contributed by atoms with Gasteiger partial charge in [-0.25, -0.2) is 0 Å². The van der Waals surface area contributed by atoms with Crippen LogP contribution in [0.3, 0.4) is 0 Å². The quantitative estimate of drug-likeness (QED) is 0.0488. The predicted octanol–water partition coefficient (Wildman–Crippen LogP) is 9.24. The minimum Gasteiger partial charge on any atom is -0.494 e. The highest BCUT2D eigenvalue weighted by atomic mass is 32.1. The molecule has 40 heavy (non-hydrogen) atoms. The fraction of sp³-hybridized carbons (Fsp3) is 0.412. The molecule has 1 unspecified atom stereocenters. The van der Waals surface area contributed by atoms with Crippen LogP contribution in [0.4, 0.5) is 5.69 Å². The summed E-state index contributed by atoms with van der Waals surface area (Å²) in [5.74, 6) is 0.445. The van der Waals surface area contributed by atoms with Gasteiger partial charge in [-0.1, -0.05) is 113 Å². The van der Waals surface area contributed by atoms with Crippen LogP contribution in [-0.2, 0) is 4.89 Å². The van der Waals surface area contributed by atoms with Gasteiger partial charge in [-0.05, 0) is 55.0 Å². The molecule has 214 valence electrons. The first-order valence-electron chi connectivity index (χ1n) is 14.6. The van der Waals surface area contributed by atoms with E-state index in [1.165, 1.54) is 57.8 Å². The molecule has 0 heterocycles. The van der Waals surface area contributed by atoms with Crippen LogP contribution in [0.2, 0.25) is 0 Å². The van der Waals surface area contributed by atoms with Crippen molar-refractivity contribution >= 4 is 28.7 Å². The monoisotopic (exact) mass is 561 g/mol. The lowest BCUT2D eigenvalue weighted by molar-refractivity contribution is -0.209. The standard InChI is InChI=1S/C34H43NO4S/c1-2-3-4-5-6-7-8-9-10-17-26-37-30-24-22-28(23-25-30)33(36)32(27-38-39-31-20-15-12-16-21-31)34(40)35-29-18-13-11-14-19-29/h11-16,18-25,32H,2-10,17,26-27H2,1H3,(H,35,40). The van der Waals surface area contributed by atoms with Gasteiger partial charge in [-0.2, -0.15) is 4.89 Å². The van der Waals surface area contributed by atoms with Crippen LogP contribution >= 0.6 is 12.2 Å². The van der Waals surface area contributed by atoms with Gasteiger partial charge in [0, 0.05) is 11.3 Å². The number of nitrogens with one attached hydrogen (secondary N) is 1. The lowest BCUT2D eigenvalue weighted by Crippen LogP contribution is -2.32. The number of ether oxygens (including phenoxy) is 1. The van der Waals surface area contributed by atoms with Crippen molar-refractivity contribution < 1.29 is 19.3 Å². The van der Waals surface area contributed by atoms with E-state index in [9.17, 15) is 4.79 Å². The van der Waals surface area contributed by atoms with Crippen LogP contribution in [0.15, 0.2) is 84.9 Å². The number of para-hydroxylation sites is 2. The maximum atomic E-state index is 13.5. The molecule has 3 rings (SSSR count). The molecular formula is C34H43NO4S. The summed E-state index contributed by atoms with van der Waals surface area (Å²) < 4.78 is 5.92. The highest BCUT2D eigenvalue weighted by Crippen LogP contribution is 2.20. The molecule has 0 aromatic heterocycles. The highest BCUT2D eigenvalue weighted by Gasteiger charge is 2.26. The molecule has 0 saturated carbocycles. The van der Waals surface area contributed by atoms with Crippen molar-refractivity contribution in [2.24, 2.45) is 5.92 Å². The third-order valence-electron chi connectivity index (χ3n) is 6.71. The van der Waals surface area contributed by atoms with Gasteiger partial charge in [0.15, 0.2) is 11.5 Å². The van der Waals surface area contributed by atoms with E-state index < -0.39 is 5.92 Å². The van der Waals surface area contributed by atoms with Gasteiger partial charge in [0.1, 0.15) is 18.3 Å². The molecule has 0 aliphatic carbocycles. The lowest BCUT2D eigenvalue weighted by Gasteiger charge is -2.18.